The van der Waals surface area contributed by atoms with Crippen LogP contribution in [0.15, 0.2) is 30.2 Å². The van der Waals surface area contributed by atoms with E-state index in [4.69, 9.17) is 21.7 Å². The molecule has 0 amide bonds. The molecule has 0 atom stereocenters. The van der Waals surface area contributed by atoms with Gasteiger partial charge in [0.15, 0.2) is 10.8 Å². The van der Waals surface area contributed by atoms with Gasteiger partial charge in [-0.25, -0.2) is 27.9 Å². The summed E-state index contributed by atoms with van der Waals surface area (Å²) < 4.78 is 7.07. The van der Waals surface area contributed by atoms with Crippen molar-refractivity contribution in [2.24, 2.45) is 0 Å². The van der Waals surface area contributed by atoms with Gasteiger partial charge < -0.3 is 20.4 Å². The zero-order chi connectivity index (χ0) is 19.9. The topological polar surface area (TPSA) is 102 Å². The normalized spacial score (nSPS) is 14.9. The van der Waals surface area contributed by atoms with E-state index in [1.165, 1.54) is 0 Å². The molecular formula is C19H20ClKN7O-. The predicted octanol–water partition coefficient (Wildman–Crippen LogP) is 0.444. The molecule has 0 aliphatic carbocycles. The molecule has 146 valence electrons. The van der Waals surface area contributed by atoms with Crippen LogP contribution in [0.1, 0.15) is 26.0 Å². The van der Waals surface area contributed by atoms with Crippen LogP contribution >= 0.6 is 11.6 Å². The van der Waals surface area contributed by atoms with Crippen molar-refractivity contribution in [2.75, 3.05) is 11.9 Å². The fourth-order valence-electron chi connectivity index (χ4n) is 2.49. The summed E-state index contributed by atoms with van der Waals surface area (Å²) in [4.78, 5) is 12.6. The van der Waals surface area contributed by atoms with E-state index in [-0.39, 0.29) is 57.3 Å². The molecule has 0 spiro atoms. The van der Waals surface area contributed by atoms with Crippen LogP contribution in [0.2, 0.25) is 5.15 Å². The van der Waals surface area contributed by atoms with Crippen LogP contribution in [0.4, 0.5) is 5.95 Å². The van der Waals surface area contributed by atoms with Crippen molar-refractivity contribution in [1.29, 1.82) is 5.41 Å². The van der Waals surface area contributed by atoms with Gasteiger partial charge in [-0.15, -0.1) is 6.92 Å². The summed E-state index contributed by atoms with van der Waals surface area (Å²) in [5.41, 5.74) is 2.10. The molecule has 10 heteroatoms. The van der Waals surface area contributed by atoms with Crippen LogP contribution in [-0.2, 0) is 17.7 Å². The number of aryl methyl sites for hydroxylation is 2. The van der Waals surface area contributed by atoms with Gasteiger partial charge in [0.25, 0.3) is 0 Å². The Kier molecular flexibility index (Phi) is 9.67. The second-order valence-corrected chi connectivity index (χ2v) is 6.17. The van der Waals surface area contributed by atoms with Gasteiger partial charge in [0.2, 0.25) is 5.95 Å². The third-order valence-electron chi connectivity index (χ3n) is 3.92. The Labute approximate surface area is 217 Å². The molecule has 4 rings (SSSR count). The number of nitrogens with one attached hydrogen (secondary N) is 2. The Morgan fingerprint density at radius 2 is 2.24 bits per heavy atom. The van der Waals surface area contributed by atoms with E-state index in [0.29, 0.717) is 47.4 Å². The van der Waals surface area contributed by atoms with Crippen molar-refractivity contribution in [1.82, 2.24) is 24.7 Å². The van der Waals surface area contributed by atoms with Crippen LogP contribution in [0, 0.1) is 17.6 Å². The zero-order valence-corrected chi connectivity index (χ0v) is 20.5. The first-order valence-electron chi connectivity index (χ1n) is 8.86. The number of nitrogens with zero attached hydrogens (tertiary/aromatic N) is 5. The minimum Gasteiger partial charge on any atom is -0.561 e. The van der Waals surface area contributed by atoms with Crippen LogP contribution < -0.4 is 56.7 Å². The van der Waals surface area contributed by atoms with Crippen molar-refractivity contribution < 1.29 is 56.1 Å². The first-order valence-corrected chi connectivity index (χ1v) is 9.24. The molecule has 0 aromatic carbocycles. The van der Waals surface area contributed by atoms with Crippen molar-refractivity contribution in [3.63, 3.8) is 0 Å². The number of ether oxygens (including phenoxy) is 1. The standard InChI is InChI=1S/C12H12ClN6O.C7H8N.K/c1-2-8-10(14)20-5-3-4-19-11-7(9(13)18-19)6-15-12(16-8)17-11;1-2-7-5-3-4-6-8-7;/h6,14H,3-5H2,1H3,(H,15,16,17);3-4,6H,2H2,1H3;/q2*-1;+1. The summed E-state index contributed by atoms with van der Waals surface area (Å²) in [6.45, 7) is 4.79. The molecule has 2 bridgehead atoms. The van der Waals surface area contributed by atoms with E-state index in [1.54, 1.807) is 24.0 Å². The molecule has 0 radical (unpaired) electrons. The Morgan fingerprint density at radius 1 is 1.41 bits per heavy atom. The van der Waals surface area contributed by atoms with Gasteiger partial charge in [-0.2, -0.15) is 16.1 Å². The fourth-order valence-corrected chi connectivity index (χ4v) is 2.72. The first kappa shape index (κ1) is 23.9. The number of hydrogen-bond donors (Lipinski definition) is 2. The summed E-state index contributed by atoms with van der Waals surface area (Å²) in [6.07, 6.45) is 7.93. The van der Waals surface area contributed by atoms with Crippen LogP contribution in [0.5, 0.6) is 0 Å². The minimum absolute atomic E-state index is 0. The molecular weight excluding hydrogens is 417 g/mol. The molecule has 0 fully saturated rings. The average Bonchev–Trinajstić information content (AvgIpc) is 3.04. The third-order valence-corrected chi connectivity index (χ3v) is 4.20. The van der Waals surface area contributed by atoms with E-state index < -0.39 is 0 Å². The van der Waals surface area contributed by atoms with Gasteiger partial charge in [-0.3, -0.25) is 0 Å². The zero-order valence-electron chi connectivity index (χ0n) is 16.7. The van der Waals surface area contributed by atoms with Gasteiger partial charge in [0, 0.05) is 12.7 Å². The largest absolute Gasteiger partial charge is 1.00 e. The number of rotatable bonds is 1. The molecule has 0 saturated heterocycles. The average molecular weight is 437 g/mol. The number of anilines is 1. The van der Waals surface area contributed by atoms with Gasteiger partial charge >= 0.3 is 51.4 Å². The van der Waals surface area contributed by atoms with Gasteiger partial charge in [0.1, 0.15) is 0 Å². The van der Waals surface area contributed by atoms with E-state index in [0.717, 1.165) is 12.1 Å². The third kappa shape index (κ3) is 6.31. The molecule has 0 unspecified atom stereocenters. The second kappa shape index (κ2) is 11.7. The van der Waals surface area contributed by atoms with E-state index >= 15 is 0 Å². The molecule has 29 heavy (non-hydrogen) atoms. The van der Waals surface area contributed by atoms with Crippen molar-refractivity contribution in [3.8, 4) is 0 Å². The summed E-state index contributed by atoms with van der Waals surface area (Å²) in [5.74, 6) is 0.378. The second-order valence-electron chi connectivity index (χ2n) is 5.81. The van der Waals surface area contributed by atoms with E-state index in [1.807, 2.05) is 12.1 Å². The maximum Gasteiger partial charge on any atom is 1.00 e. The quantitative estimate of drug-likeness (QED) is 0.424. The molecule has 8 nitrogen and oxygen atoms in total. The maximum absolute atomic E-state index is 7.83. The molecule has 0 saturated carbocycles. The van der Waals surface area contributed by atoms with Gasteiger partial charge in [0.05, 0.1) is 17.9 Å². The van der Waals surface area contributed by atoms with E-state index in [2.05, 4.69) is 44.4 Å². The number of allylic oxidation sites excluding steroid dienone is 1. The van der Waals surface area contributed by atoms with Gasteiger partial charge in [-0.1, -0.05) is 36.1 Å². The maximum atomic E-state index is 7.83. The molecule has 1 aliphatic heterocycles. The number of aromatic nitrogens is 5. The van der Waals surface area contributed by atoms with Crippen molar-refractivity contribution in [3.05, 3.63) is 53.2 Å². The summed E-state index contributed by atoms with van der Waals surface area (Å²) in [6, 6.07) is 6.76. The molecule has 1 aliphatic rings. The monoisotopic (exact) mass is 436 g/mol. The van der Waals surface area contributed by atoms with Crippen LogP contribution in [-0.4, -0.2) is 37.2 Å². The summed E-state index contributed by atoms with van der Waals surface area (Å²) in [5, 5.41) is 16.1. The van der Waals surface area contributed by atoms with Gasteiger partial charge in [-0.05, 0) is 12.8 Å². The summed E-state index contributed by atoms with van der Waals surface area (Å²) in [7, 11) is 0. The number of halogens is 1. The molecule has 4 heterocycles. The Bertz CT molecular complexity index is 991. The molecule has 2 N–H and O–H groups in total. The van der Waals surface area contributed by atoms with Crippen molar-refractivity contribution >= 4 is 34.5 Å². The molecule has 3 aromatic rings. The van der Waals surface area contributed by atoms with E-state index in [9.17, 15) is 0 Å². The SMILES string of the molecule is CCc1[c-]cccn1.C[C-]=C1Nc2ncc3c(Cl)nn(c3n2)CCCOC1=N.[K+]. The van der Waals surface area contributed by atoms with Crippen LogP contribution in [0.25, 0.3) is 11.0 Å². The number of hydrogen-bond acceptors (Lipinski definition) is 7. The Hall–Kier alpha value is -1.36. The predicted molar refractivity (Wildman–Crippen MR) is 107 cm³/mol. The van der Waals surface area contributed by atoms with Crippen LogP contribution in [0.3, 0.4) is 0 Å². The number of pyridine rings is 1. The summed E-state index contributed by atoms with van der Waals surface area (Å²) >= 11 is 6.06. The molecule has 3 aromatic heterocycles. The Balaban J connectivity index is 0.000000283. The first-order chi connectivity index (χ1) is 13.6. The minimum atomic E-state index is 0. The Morgan fingerprint density at radius 3 is 2.90 bits per heavy atom. The fraction of sp³-hybridized carbons (Fsp3) is 0.316. The number of fused-ring (bicyclic) bond motifs is 1. The van der Waals surface area contributed by atoms with Crippen molar-refractivity contribution in [2.45, 2.75) is 33.2 Å². The smallest absolute Gasteiger partial charge is 0.561 e.